The van der Waals surface area contributed by atoms with Crippen molar-refractivity contribution in [3.05, 3.63) is 42.2 Å². The van der Waals surface area contributed by atoms with Crippen molar-refractivity contribution in [1.29, 1.82) is 0 Å². The lowest BCUT2D eigenvalue weighted by atomic mass is 10.1. The third-order valence-electron chi connectivity index (χ3n) is 3.37. The summed E-state index contributed by atoms with van der Waals surface area (Å²) >= 11 is 0. The fourth-order valence-electron chi connectivity index (χ4n) is 2.25. The predicted octanol–water partition coefficient (Wildman–Crippen LogP) is 0.977. The van der Waals surface area contributed by atoms with Crippen LogP contribution in [0.25, 0.3) is 0 Å². The van der Waals surface area contributed by atoms with Crippen molar-refractivity contribution >= 4 is 0 Å². The predicted molar refractivity (Wildman–Crippen MR) is 77.5 cm³/mol. The van der Waals surface area contributed by atoms with Crippen LogP contribution in [-0.2, 0) is 6.54 Å². The summed E-state index contributed by atoms with van der Waals surface area (Å²) in [5, 5.41) is 17.5. The lowest BCUT2D eigenvalue weighted by Gasteiger charge is -2.20. The molecule has 0 spiro atoms. The van der Waals surface area contributed by atoms with Crippen molar-refractivity contribution in [3.8, 4) is 11.5 Å². The monoisotopic (exact) mass is 289 g/mol. The third-order valence-corrected chi connectivity index (χ3v) is 3.37. The number of benzene rings is 1. The standard InChI is InChI=1S/C15H19N3O3/c19-13(11-16-5-7-18-6-1-4-17-18)12-2-3-14-15(10-12)21-9-8-20-14/h1-4,6,10,13,16,19H,5,7-9,11H2/t13-/m1/s1. The van der Waals surface area contributed by atoms with Gasteiger partial charge in [-0.3, -0.25) is 4.68 Å². The molecule has 0 bridgehead atoms. The minimum absolute atomic E-state index is 0.487. The summed E-state index contributed by atoms with van der Waals surface area (Å²) in [6.45, 7) is 3.14. The van der Waals surface area contributed by atoms with Crippen molar-refractivity contribution < 1.29 is 14.6 Å². The molecule has 2 heterocycles. The summed E-state index contributed by atoms with van der Waals surface area (Å²) in [5.74, 6) is 1.44. The molecule has 1 aromatic carbocycles. The molecule has 2 N–H and O–H groups in total. The molecule has 0 amide bonds. The fraction of sp³-hybridized carbons (Fsp3) is 0.400. The van der Waals surface area contributed by atoms with Crippen LogP contribution in [0.2, 0.25) is 0 Å². The topological polar surface area (TPSA) is 68.5 Å². The zero-order valence-electron chi connectivity index (χ0n) is 11.7. The molecule has 2 aromatic rings. The number of nitrogens with one attached hydrogen (secondary N) is 1. The second-order valence-electron chi connectivity index (χ2n) is 4.89. The van der Waals surface area contributed by atoms with Gasteiger partial charge in [0.1, 0.15) is 13.2 Å². The van der Waals surface area contributed by atoms with E-state index in [1.54, 1.807) is 6.20 Å². The SMILES string of the molecule is O[C@H](CNCCn1cccn1)c1ccc2c(c1)OCCO2. The minimum atomic E-state index is -0.571. The van der Waals surface area contributed by atoms with E-state index in [1.165, 1.54) is 0 Å². The van der Waals surface area contributed by atoms with E-state index in [9.17, 15) is 5.11 Å². The van der Waals surface area contributed by atoms with E-state index >= 15 is 0 Å². The highest BCUT2D eigenvalue weighted by Crippen LogP contribution is 2.32. The molecule has 112 valence electrons. The zero-order chi connectivity index (χ0) is 14.5. The molecule has 6 nitrogen and oxygen atoms in total. The smallest absolute Gasteiger partial charge is 0.161 e. The third kappa shape index (κ3) is 3.53. The van der Waals surface area contributed by atoms with Crippen molar-refractivity contribution in [1.82, 2.24) is 15.1 Å². The summed E-state index contributed by atoms with van der Waals surface area (Å²) in [6.07, 6.45) is 3.10. The number of fused-ring (bicyclic) bond motifs is 1. The van der Waals surface area contributed by atoms with Crippen LogP contribution < -0.4 is 14.8 Å². The van der Waals surface area contributed by atoms with Gasteiger partial charge in [-0.1, -0.05) is 6.07 Å². The number of hydrogen-bond acceptors (Lipinski definition) is 5. The van der Waals surface area contributed by atoms with E-state index < -0.39 is 6.10 Å². The van der Waals surface area contributed by atoms with E-state index in [0.717, 1.165) is 24.4 Å². The number of hydrogen-bond donors (Lipinski definition) is 2. The Morgan fingerprint density at radius 1 is 1.29 bits per heavy atom. The van der Waals surface area contributed by atoms with Gasteiger partial charge in [-0.15, -0.1) is 0 Å². The van der Waals surface area contributed by atoms with Gasteiger partial charge < -0.3 is 19.9 Å². The van der Waals surface area contributed by atoms with Gasteiger partial charge in [-0.25, -0.2) is 0 Å². The maximum Gasteiger partial charge on any atom is 0.161 e. The zero-order valence-corrected chi connectivity index (χ0v) is 11.7. The van der Waals surface area contributed by atoms with Crippen LogP contribution in [0.3, 0.4) is 0 Å². The van der Waals surface area contributed by atoms with Crippen LogP contribution in [0.4, 0.5) is 0 Å². The van der Waals surface area contributed by atoms with E-state index in [1.807, 2.05) is 35.1 Å². The van der Waals surface area contributed by atoms with Gasteiger partial charge in [0.2, 0.25) is 0 Å². The van der Waals surface area contributed by atoms with Crippen LogP contribution in [0.5, 0.6) is 11.5 Å². The first-order chi connectivity index (χ1) is 10.3. The van der Waals surface area contributed by atoms with Crippen LogP contribution in [0.15, 0.2) is 36.7 Å². The Morgan fingerprint density at radius 3 is 2.95 bits per heavy atom. The first-order valence-electron chi connectivity index (χ1n) is 7.09. The highest BCUT2D eigenvalue weighted by Gasteiger charge is 2.15. The number of nitrogens with zero attached hydrogens (tertiary/aromatic N) is 2. The Bertz CT molecular complexity index is 572. The molecule has 0 unspecified atom stereocenters. The fourth-order valence-corrected chi connectivity index (χ4v) is 2.25. The van der Waals surface area contributed by atoms with E-state index in [2.05, 4.69) is 10.4 Å². The number of ether oxygens (including phenoxy) is 2. The molecule has 6 heteroatoms. The van der Waals surface area contributed by atoms with Gasteiger partial charge >= 0.3 is 0 Å². The minimum Gasteiger partial charge on any atom is -0.486 e. The van der Waals surface area contributed by atoms with Crippen LogP contribution >= 0.6 is 0 Å². The molecule has 0 radical (unpaired) electrons. The summed E-state index contributed by atoms with van der Waals surface area (Å²) < 4.78 is 12.8. The largest absolute Gasteiger partial charge is 0.486 e. The average Bonchev–Trinajstić information content (AvgIpc) is 3.04. The molecule has 3 rings (SSSR count). The first kappa shape index (κ1) is 13.9. The van der Waals surface area contributed by atoms with Gasteiger partial charge in [0.05, 0.1) is 12.6 Å². The summed E-state index contributed by atoms with van der Waals surface area (Å²) in [4.78, 5) is 0. The van der Waals surface area contributed by atoms with Crippen LogP contribution in [0, 0.1) is 0 Å². The molecule has 0 fully saturated rings. The molecular formula is C15H19N3O3. The molecule has 0 aliphatic carbocycles. The Hall–Kier alpha value is -2.05. The summed E-state index contributed by atoms with van der Waals surface area (Å²) in [6, 6.07) is 7.45. The van der Waals surface area contributed by atoms with Crippen LogP contribution in [0.1, 0.15) is 11.7 Å². The molecule has 0 saturated carbocycles. The number of aliphatic hydroxyl groups is 1. The van der Waals surface area contributed by atoms with E-state index in [0.29, 0.717) is 25.5 Å². The van der Waals surface area contributed by atoms with Gasteiger partial charge in [-0.05, 0) is 23.8 Å². The normalized spacial score (nSPS) is 14.9. The number of rotatable bonds is 6. The Kier molecular flexibility index (Phi) is 4.37. The number of aromatic nitrogens is 2. The molecule has 21 heavy (non-hydrogen) atoms. The average molecular weight is 289 g/mol. The maximum atomic E-state index is 10.2. The van der Waals surface area contributed by atoms with Crippen molar-refractivity contribution in [2.24, 2.45) is 0 Å². The summed E-state index contributed by atoms with van der Waals surface area (Å²) in [5.41, 5.74) is 0.825. The van der Waals surface area contributed by atoms with Gasteiger partial charge in [-0.2, -0.15) is 5.10 Å². The van der Waals surface area contributed by atoms with Crippen molar-refractivity contribution in [2.75, 3.05) is 26.3 Å². The first-order valence-corrected chi connectivity index (χ1v) is 7.09. The Morgan fingerprint density at radius 2 is 2.14 bits per heavy atom. The molecule has 1 aliphatic rings. The van der Waals surface area contributed by atoms with E-state index in [4.69, 9.17) is 9.47 Å². The lowest BCUT2D eigenvalue weighted by Crippen LogP contribution is -2.25. The second-order valence-corrected chi connectivity index (χ2v) is 4.89. The maximum absolute atomic E-state index is 10.2. The molecule has 1 atom stereocenters. The lowest BCUT2D eigenvalue weighted by molar-refractivity contribution is 0.163. The molecular weight excluding hydrogens is 270 g/mol. The molecule has 0 saturated heterocycles. The van der Waals surface area contributed by atoms with Gasteiger partial charge in [0, 0.05) is 25.5 Å². The van der Waals surface area contributed by atoms with Gasteiger partial charge in [0.15, 0.2) is 11.5 Å². The highest BCUT2D eigenvalue weighted by atomic mass is 16.6. The van der Waals surface area contributed by atoms with Crippen molar-refractivity contribution in [3.63, 3.8) is 0 Å². The molecule has 1 aliphatic heterocycles. The van der Waals surface area contributed by atoms with Crippen LogP contribution in [-0.4, -0.2) is 41.2 Å². The quantitative estimate of drug-likeness (QED) is 0.776. The summed E-state index contributed by atoms with van der Waals surface area (Å²) in [7, 11) is 0. The highest BCUT2D eigenvalue weighted by molar-refractivity contribution is 5.44. The Balaban J connectivity index is 1.49. The van der Waals surface area contributed by atoms with E-state index in [-0.39, 0.29) is 0 Å². The van der Waals surface area contributed by atoms with Crippen molar-refractivity contribution in [2.45, 2.75) is 12.6 Å². The Labute approximate surface area is 123 Å². The van der Waals surface area contributed by atoms with Gasteiger partial charge in [0.25, 0.3) is 0 Å². The molecule has 1 aromatic heterocycles. The second kappa shape index (κ2) is 6.60. The number of aliphatic hydroxyl groups excluding tert-OH is 1.